The molecule has 1 N–H and O–H groups in total. The number of amides is 1. The Balaban J connectivity index is 1.89. The van der Waals surface area contributed by atoms with E-state index in [0.29, 0.717) is 22.3 Å². The molecule has 0 unspecified atom stereocenters. The zero-order chi connectivity index (χ0) is 19.2. The van der Waals surface area contributed by atoms with Gasteiger partial charge in [0, 0.05) is 5.75 Å². The summed E-state index contributed by atoms with van der Waals surface area (Å²) in [5.41, 5.74) is 1.83. The van der Waals surface area contributed by atoms with Gasteiger partial charge >= 0.3 is 5.97 Å². The lowest BCUT2D eigenvalue weighted by Crippen LogP contribution is -2.30. The first-order valence-corrected chi connectivity index (χ1v) is 9.25. The molecule has 3 rings (SSSR count). The van der Waals surface area contributed by atoms with Gasteiger partial charge in [0.1, 0.15) is 11.4 Å². The van der Waals surface area contributed by atoms with E-state index in [-0.39, 0.29) is 12.3 Å². The van der Waals surface area contributed by atoms with Gasteiger partial charge in [-0.2, -0.15) is 0 Å². The predicted molar refractivity (Wildman–Crippen MR) is 107 cm³/mol. The number of carboxylic acids is 1. The van der Waals surface area contributed by atoms with Gasteiger partial charge in [0.2, 0.25) is 0 Å². The van der Waals surface area contributed by atoms with Gasteiger partial charge in [-0.25, -0.2) is 4.99 Å². The minimum absolute atomic E-state index is 0.00195. The highest BCUT2D eigenvalue weighted by atomic mass is 32.2. The molecule has 2 aromatic carbocycles. The number of ether oxygens (including phenoxy) is 1. The summed E-state index contributed by atoms with van der Waals surface area (Å²) in [5.74, 6) is -0.0580. The summed E-state index contributed by atoms with van der Waals surface area (Å²) in [5, 5.41) is 9.34. The molecule has 27 heavy (non-hydrogen) atoms. The van der Waals surface area contributed by atoms with Gasteiger partial charge in [-0.1, -0.05) is 42.1 Å². The van der Waals surface area contributed by atoms with Crippen LogP contribution in [-0.2, 0) is 9.59 Å². The van der Waals surface area contributed by atoms with Crippen LogP contribution in [0.5, 0.6) is 5.75 Å². The Morgan fingerprint density at radius 3 is 2.52 bits per heavy atom. The fourth-order valence-electron chi connectivity index (χ4n) is 2.49. The Bertz CT molecular complexity index is 892. The van der Waals surface area contributed by atoms with Crippen molar-refractivity contribution in [2.75, 3.05) is 17.8 Å². The third-order valence-corrected chi connectivity index (χ3v) is 4.75. The number of rotatable bonds is 6. The molecule has 6 nitrogen and oxygen atoms in total. The van der Waals surface area contributed by atoms with Crippen molar-refractivity contribution < 1.29 is 19.4 Å². The maximum atomic E-state index is 12.9. The zero-order valence-corrected chi connectivity index (χ0v) is 15.5. The largest absolute Gasteiger partial charge is 0.497 e. The van der Waals surface area contributed by atoms with E-state index in [2.05, 4.69) is 4.99 Å². The number of carbonyl (C=O) groups excluding carboxylic acids is 1. The van der Waals surface area contributed by atoms with Crippen molar-refractivity contribution in [3.8, 4) is 5.75 Å². The van der Waals surface area contributed by atoms with E-state index in [1.165, 1.54) is 16.7 Å². The van der Waals surface area contributed by atoms with E-state index in [0.717, 1.165) is 11.3 Å². The quantitative estimate of drug-likeness (QED) is 0.772. The van der Waals surface area contributed by atoms with Crippen LogP contribution in [-0.4, -0.2) is 35.0 Å². The molecule has 2 aromatic rings. The van der Waals surface area contributed by atoms with Gasteiger partial charge in [-0.3, -0.25) is 14.5 Å². The number of aliphatic imine (C=N–C) groups is 1. The zero-order valence-electron chi connectivity index (χ0n) is 14.7. The van der Waals surface area contributed by atoms with Crippen molar-refractivity contribution in [1.82, 2.24) is 0 Å². The Hall–Kier alpha value is -3.06. The topological polar surface area (TPSA) is 79.2 Å². The van der Waals surface area contributed by atoms with Crippen molar-refractivity contribution in [3.05, 3.63) is 65.9 Å². The molecule has 1 heterocycles. The Morgan fingerprint density at radius 2 is 1.89 bits per heavy atom. The summed E-state index contributed by atoms with van der Waals surface area (Å²) in [7, 11) is 1.59. The molecule has 7 heteroatoms. The number of carboxylic acid groups (broad SMARTS) is 1. The Kier molecular flexibility index (Phi) is 5.93. The molecule has 0 atom stereocenters. The third-order valence-electron chi connectivity index (χ3n) is 3.81. The van der Waals surface area contributed by atoms with Gasteiger partial charge < -0.3 is 9.84 Å². The summed E-state index contributed by atoms with van der Waals surface area (Å²) in [4.78, 5) is 29.7. The van der Waals surface area contributed by atoms with Crippen molar-refractivity contribution in [1.29, 1.82) is 0 Å². The highest BCUT2D eigenvalue weighted by Crippen LogP contribution is 2.29. The summed E-state index contributed by atoms with van der Waals surface area (Å²) in [6.07, 6.45) is 1.71. The number of benzene rings is 2. The van der Waals surface area contributed by atoms with Gasteiger partial charge in [0.05, 0.1) is 19.2 Å². The average molecular weight is 382 g/mol. The van der Waals surface area contributed by atoms with E-state index in [1.54, 1.807) is 13.2 Å². The van der Waals surface area contributed by atoms with Crippen LogP contribution in [0.25, 0.3) is 6.08 Å². The number of thioether (sulfide) groups is 1. The first kappa shape index (κ1) is 18.7. The average Bonchev–Trinajstić information content (AvgIpc) is 2.98. The van der Waals surface area contributed by atoms with Crippen molar-refractivity contribution in [3.63, 3.8) is 0 Å². The predicted octanol–water partition coefficient (Wildman–Crippen LogP) is 3.65. The lowest BCUT2D eigenvalue weighted by molar-refractivity contribution is -0.136. The fourth-order valence-corrected chi connectivity index (χ4v) is 3.43. The van der Waals surface area contributed by atoms with Crippen LogP contribution in [0.4, 0.5) is 5.69 Å². The summed E-state index contributed by atoms with van der Waals surface area (Å²) >= 11 is 1.25. The lowest BCUT2D eigenvalue weighted by Gasteiger charge is -2.17. The van der Waals surface area contributed by atoms with Gasteiger partial charge in [0.15, 0.2) is 5.17 Å². The first-order valence-electron chi connectivity index (χ1n) is 8.27. The van der Waals surface area contributed by atoms with Crippen LogP contribution in [0.15, 0.2) is 65.3 Å². The number of carbonyl (C=O) groups is 2. The highest BCUT2D eigenvalue weighted by Gasteiger charge is 2.31. The molecule has 1 aliphatic rings. The van der Waals surface area contributed by atoms with Gasteiger partial charge in [-0.15, -0.1) is 0 Å². The van der Waals surface area contributed by atoms with Crippen LogP contribution >= 0.6 is 11.8 Å². The minimum Gasteiger partial charge on any atom is -0.497 e. The van der Waals surface area contributed by atoms with E-state index < -0.39 is 5.97 Å². The smallest absolute Gasteiger partial charge is 0.304 e. The maximum Gasteiger partial charge on any atom is 0.304 e. The SMILES string of the molecule is COc1ccc(/C=C2\N=C(SCCC(=O)O)N(c3ccccc3)C2=O)cc1. The normalized spacial score (nSPS) is 15.1. The summed E-state index contributed by atoms with van der Waals surface area (Å²) < 4.78 is 5.14. The number of nitrogens with zero attached hydrogens (tertiary/aromatic N) is 2. The van der Waals surface area contributed by atoms with Crippen LogP contribution in [0.2, 0.25) is 0 Å². The second kappa shape index (κ2) is 8.55. The molecule has 0 radical (unpaired) electrons. The number of amidine groups is 1. The van der Waals surface area contributed by atoms with Gasteiger partial charge in [0.25, 0.3) is 5.91 Å². The Morgan fingerprint density at radius 1 is 1.19 bits per heavy atom. The highest BCUT2D eigenvalue weighted by molar-refractivity contribution is 8.14. The van der Waals surface area contributed by atoms with Crippen LogP contribution in [0, 0.1) is 0 Å². The molecule has 138 valence electrons. The summed E-state index contributed by atoms with van der Waals surface area (Å²) in [6, 6.07) is 16.5. The van der Waals surface area contributed by atoms with E-state index in [1.807, 2.05) is 54.6 Å². The second-order valence-corrected chi connectivity index (χ2v) is 6.73. The molecule has 0 saturated carbocycles. The monoisotopic (exact) mass is 382 g/mol. The van der Waals surface area contributed by atoms with Gasteiger partial charge in [-0.05, 0) is 35.9 Å². The van der Waals surface area contributed by atoms with Crippen molar-refractivity contribution in [2.24, 2.45) is 4.99 Å². The maximum absolute atomic E-state index is 12.9. The molecule has 0 saturated heterocycles. The van der Waals surface area contributed by atoms with Crippen molar-refractivity contribution in [2.45, 2.75) is 6.42 Å². The summed E-state index contributed by atoms with van der Waals surface area (Å²) in [6.45, 7) is 0. The number of para-hydroxylation sites is 1. The number of anilines is 1. The van der Waals surface area contributed by atoms with E-state index in [9.17, 15) is 9.59 Å². The standard InChI is InChI=1S/C20H18N2O4S/c1-26-16-9-7-14(8-10-16)13-17-19(25)22(15-5-3-2-4-6-15)20(21-17)27-12-11-18(23)24/h2-10,13H,11-12H2,1H3,(H,23,24)/b17-13-. The van der Waals surface area contributed by atoms with E-state index >= 15 is 0 Å². The molecule has 0 fully saturated rings. The first-order chi connectivity index (χ1) is 13.1. The third kappa shape index (κ3) is 4.57. The Labute approximate surface area is 161 Å². The molecule has 1 aliphatic heterocycles. The molecule has 0 aromatic heterocycles. The molecular formula is C20H18N2O4S. The van der Waals surface area contributed by atoms with Crippen molar-refractivity contribution >= 4 is 40.6 Å². The second-order valence-electron chi connectivity index (χ2n) is 5.67. The molecule has 0 spiro atoms. The molecule has 1 amide bonds. The minimum atomic E-state index is -0.882. The molecular weight excluding hydrogens is 364 g/mol. The van der Waals surface area contributed by atoms with Crippen LogP contribution in [0.1, 0.15) is 12.0 Å². The number of hydrogen-bond acceptors (Lipinski definition) is 5. The number of aliphatic carboxylic acids is 1. The number of methoxy groups -OCH3 is 1. The fraction of sp³-hybridized carbons (Fsp3) is 0.150. The van der Waals surface area contributed by atoms with Crippen LogP contribution < -0.4 is 9.64 Å². The van der Waals surface area contributed by atoms with E-state index in [4.69, 9.17) is 9.84 Å². The molecule has 0 bridgehead atoms. The van der Waals surface area contributed by atoms with Crippen LogP contribution in [0.3, 0.4) is 0 Å². The lowest BCUT2D eigenvalue weighted by atomic mass is 10.2. The number of hydrogen-bond donors (Lipinski definition) is 1. The molecule has 0 aliphatic carbocycles.